The highest BCUT2D eigenvalue weighted by atomic mass is 16.6. The topological polar surface area (TPSA) is 131 Å². The number of fused-ring (bicyclic) bond motifs is 1. The van der Waals surface area contributed by atoms with Crippen LogP contribution in [0.3, 0.4) is 0 Å². The minimum atomic E-state index is -1.30. The van der Waals surface area contributed by atoms with Crippen molar-refractivity contribution in [2.45, 2.75) is 25.7 Å². The Morgan fingerprint density at radius 2 is 1.93 bits per heavy atom. The monoisotopic (exact) mass is 398 g/mol. The van der Waals surface area contributed by atoms with Crippen molar-refractivity contribution in [3.8, 4) is 5.75 Å². The molecule has 0 aromatic heterocycles. The van der Waals surface area contributed by atoms with E-state index in [2.05, 4.69) is 10.6 Å². The van der Waals surface area contributed by atoms with Gasteiger partial charge in [-0.3, -0.25) is 9.59 Å². The predicted molar refractivity (Wildman–Crippen MR) is 100 cm³/mol. The zero-order chi connectivity index (χ0) is 21.0. The first-order valence-corrected chi connectivity index (χ1v) is 8.71. The number of aromatic hydroxyl groups is 1. The molecule has 9 nitrogen and oxygen atoms in total. The average Bonchev–Trinajstić information content (AvgIpc) is 2.75. The molecule has 0 radical (unpaired) electrons. The number of nitrogens with one attached hydrogen (secondary N) is 2. The van der Waals surface area contributed by atoms with E-state index in [1.54, 1.807) is 24.3 Å². The highest BCUT2D eigenvalue weighted by Crippen LogP contribution is 2.27. The van der Waals surface area contributed by atoms with Crippen molar-refractivity contribution in [2.24, 2.45) is 0 Å². The lowest BCUT2D eigenvalue weighted by Gasteiger charge is -2.22. The van der Waals surface area contributed by atoms with Crippen LogP contribution in [0.25, 0.3) is 0 Å². The summed E-state index contributed by atoms with van der Waals surface area (Å²) in [6.07, 6.45) is -0.686. The van der Waals surface area contributed by atoms with Crippen LogP contribution in [-0.2, 0) is 25.7 Å². The number of anilines is 1. The highest BCUT2D eigenvalue weighted by molar-refractivity contribution is 6.01. The van der Waals surface area contributed by atoms with Crippen molar-refractivity contribution in [3.63, 3.8) is 0 Å². The van der Waals surface area contributed by atoms with Crippen molar-refractivity contribution in [3.05, 3.63) is 59.2 Å². The molecule has 2 amide bonds. The smallest absolute Gasteiger partial charge is 0.338 e. The van der Waals surface area contributed by atoms with E-state index in [0.29, 0.717) is 12.0 Å². The van der Waals surface area contributed by atoms with E-state index < -0.39 is 35.7 Å². The Morgan fingerprint density at radius 3 is 2.69 bits per heavy atom. The fourth-order valence-electron chi connectivity index (χ4n) is 2.88. The normalized spacial score (nSPS) is 18.8. The van der Waals surface area contributed by atoms with Crippen LogP contribution >= 0.6 is 0 Å². The number of phenols is 1. The number of hydrogen-bond donors (Lipinski definition) is 3. The van der Waals surface area contributed by atoms with Gasteiger partial charge in [0.05, 0.1) is 16.8 Å². The lowest BCUT2D eigenvalue weighted by atomic mass is 10.1. The molecular formula is C20H18N2O7. The van der Waals surface area contributed by atoms with Crippen LogP contribution in [0.5, 0.6) is 5.75 Å². The van der Waals surface area contributed by atoms with Crippen LogP contribution in [0.4, 0.5) is 5.69 Å². The molecule has 0 spiro atoms. The number of phenolic OH excluding ortho intramolecular Hbond substituents is 1. The number of amides is 2. The Bertz CT molecular complexity index is 973. The van der Waals surface area contributed by atoms with Crippen LogP contribution in [0.15, 0.2) is 42.5 Å². The van der Waals surface area contributed by atoms with Crippen LogP contribution in [0, 0.1) is 0 Å². The number of carbonyl (C=O) groups excluding carboxylic acids is 4. The zero-order valence-corrected chi connectivity index (χ0v) is 15.4. The maximum absolute atomic E-state index is 12.6. The van der Waals surface area contributed by atoms with E-state index >= 15 is 0 Å². The van der Waals surface area contributed by atoms with Gasteiger partial charge in [0.2, 0.25) is 6.41 Å². The first-order chi connectivity index (χ1) is 13.9. The Morgan fingerprint density at radius 1 is 1.17 bits per heavy atom. The van der Waals surface area contributed by atoms with Gasteiger partial charge in [-0.25, -0.2) is 9.59 Å². The fraction of sp³-hybridized carbons (Fsp3) is 0.200. The van der Waals surface area contributed by atoms with E-state index in [1.165, 1.54) is 25.1 Å². The van der Waals surface area contributed by atoms with Gasteiger partial charge in [-0.05, 0) is 25.1 Å². The first kappa shape index (κ1) is 19.9. The van der Waals surface area contributed by atoms with Crippen molar-refractivity contribution < 1.29 is 33.8 Å². The fourth-order valence-corrected chi connectivity index (χ4v) is 2.88. The summed E-state index contributed by atoms with van der Waals surface area (Å²) in [5.41, 5.74) is 0.602. The summed E-state index contributed by atoms with van der Waals surface area (Å²) < 4.78 is 10.6. The number of rotatable bonds is 4. The molecule has 29 heavy (non-hydrogen) atoms. The Balaban J connectivity index is 1.84. The molecule has 150 valence electrons. The first-order valence-electron chi connectivity index (χ1n) is 8.71. The molecule has 2 aromatic rings. The molecule has 0 saturated heterocycles. The van der Waals surface area contributed by atoms with Crippen molar-refractivity contribution >= 4 is 29.9 Å². The van der Waals surface area contributed by atoms with Gasteiger partial charge in [-0.15, -0.1) is 0 Å². The molecule has 0 bridgehead atoms. The van der Waals surface area contributed by atoms with Crippen molar-refractivity contribution in [1.82, 2.24) is 5.32 Å². The summed E-state index contributed by atoms with van der Waals surface area (Å²) in [5.74, 6) is -2.72. The van der Waals surface area contributed by atoms with Crippen LogP contribution < -0.4 is 10.6 Å². The van der Waals surface area contributed by atoms with Gasteiger partial charge in [0.1, 0.15) is 12.7 Å². The minimum Gasteiger partial charge on any atom is -0.505 e. The molecule has 1 aliphatic rings. The molecule has 3 N–H and O–H groups in total. The molecule has 0 aliphatic carbocycles. The molecule has 0 saturated carbocycles. The van der Waals surface area contributed by atoms with Gasteiger partial charge in [-0.2, -0.15) is 0 Å². The number of hydrogen-bond acceptors (Lipinski definition) is 7. The summed E-state index contributed by atoms with van der Waals surface area (Å²) in [6, 6.07) is 9.41. The Kier molecular flexibility index (Phi) is 5.77. The summed E-state index contributed by atoms with van der Waals surface area (Å²) in [7, 11) is 0. The standard InChI is InChI=1S/C20H18N2O7/c1-11-16(22-18(25)14-7-4-8-15(17(14)24)21-10-23)20(27)28-9-12-5-2-3-6-13(12)19(26)29-11/h2-8,10-11,16,24H,9H2,1H3,(H,21,23)(H,22,25). The minimum absolute atomic E-state index is 0.0274. The molecule has 1 heterocycles. The number of benzene rings is 2. The second-order valence-electron chi connectivity index (χ2n) is 6.29. The largest absolute Gasteiger partial charge is 0.505 e. The molecule has 2 unspecified atom stereocenters. The van der Waals surface area contributed by atoms with E-state index in [4.69, 9.17) is 9.47 Å². The third-order valence-corrected chi connectivity index (χ3v) is 4.41. The number of esters is 2. The lowest BCUT2D eigenvalue weighted by molar-refractivity contribution is -0.149. The van der Waals surface area contributed by atoms with Crippen LogP contribution in [0.2, 0.25) is 0 Å². The van der Waals surface area contributed by atoms with Gasteiger partial charge in [0.25, 0.3) is 5.91 Å². The van der Waals surface area contributed by atoms with E-state index in [-0.39, 0.29) is 23.4 Å². The third-order valence-electron chi connectivity index (χ3n) is 4.41. The highest BCUT2D eigenvalue weighted by Gasteiger charge is 2.34. The van der Waals surface area contributed by atoms with Gasteiger partial charge in [0.15, 0.2) is 11.8 Å². The molecule has 3 rings (SSSR count). The summed E-state index contributed by atoms with van der Waals surface area (Å²) in [5, 5.41) is 14.9. The van der Waals surface area contributed by atoms with Gasteiger partial charge >= 0.3 is 11.9 Å². The molecule has 2 aromatic carbocycles. The van der Waals surface area contributed by atoms with Crippen LogP contribution in [0.1, 0.15) is 33.2 Å². The maximum atomic E-state index is 12.6. The van der Waals surface area contributed by atoms with Gasteiger partial charge in [0, 0.05) is 5.56 Å². The Labute approximate surface area is 165 Å². The predicted octanol–water partition coefficient (Wildman–Crippen LogP) is 1.36. The van der Waals surface area contributed by atoms with Crippen LogP contribution in [-0.4, -0.2) is 41.5 Å². The number of carbonyl (C=O) groups is 4. The number of ether oxygens (including phenoxy) is 2. The van der Waals surface area contributed by atoms with E-state index in [1.807, 2.05) is 0 Å². The molecule has 9 heteroatoms. The molecule has 1 aliphatic heterocycles. The number of para-hydroxylation sites is 1. The average molecular weight is 398 g/mol. The molecule has 2 atom stereocenters. The number of cyclic esters (lactones) is 2. The summed E-state index contributed by atoms with van der Waals surface area (Å²) in [6.45, 7) is 1.29. The SMILES string of the molecule is CC1OC(=O)c2ccccc2COC(=O)C1NC(=O)c1cccc(NC=O)c1O. The quantitative estimate of drug-likeness (QED) is 0.403. The summed E-state index contributed by atoms with van der Waals surface area (Å²) in [4.78, 5) is 48.2. The van der Waals surface area contributed by atoms with Crippen molar-refractivity contribution in [2.75, 3.05) is 5.32 Å². The molecule has 0 fully saturated rings. The van der Waals surface area contributed by atoms with Crippen molar-refractivity contribution in [1.29, 1.82) is 0 Å². The zero-order valence-electron chi connectivity index (χ0n) is 15.4. The van der Waals surface area contributed by atoms with Gasteiger partial charge in [-0.1, -0.05) is 24.3 Å². The second kappa shape index (κ2) is 8.42. The maximum Gasteiger partial charge on any atom is 0.338 e. The second-order valence-corrected chi connectivity index (χ2v) is 6.29. The van der Waals surface area contributed by atoms with E-state index in [9.17, 15) is 24.3 Å². The molecular weight excluding hydrogens is 380 g/mol. The lowest BCUT2D eigenvalue weighted by Crippen LogP contribution is -2.49. The summed E-state index contributed by atoms with van der Waals surface area (Å²) >= 11 is 0. The Hall–Kier alpha value is -3.88. The van der Waals surface area contributed by atoms with E-state index in [0.717, 1.165) is 0 Å². The van der Waals surface area contributed by atoms with Gasteiger partial charge < -0.3 is 25.2 Å². The third kappa shape index (κ3) is 4.18.